The number of hydrogen-bond acceptors (Lipinski definition) is 2. The fourth-order valence-corrected chi connectivity index (χ4v) is 1.60. The third-order valence-corrected chi connectivity index (χ3v) is 2.90. The number of nitrogens with two attached hydrogens (primary N) is 1. The van der Waals surface area contributed by atoms with E-state index in [9.17, 15) is 4.39 Å². The molecule has 2 nitrogen and oxygen atoms in total. The zero-order chi connectivity index (χ0) is 12.1. The number of aryl methyl sites for hydroxylation is 1. The van der Waals surface area contributed by atoms with Crippen molar-refractivity contribution in [1.82, 2.24) is 0 Å². The molecule has 0 amide bonds. The van der Waals surface area contributed by atoms with E-state index in [-0.39, 0.29) is 18.0 Å². The highest BCUT2D eigenvalue weighted by Crippen LogP contribution is 2.19. The van der Waals surface area contributed by atoms with Gasteiger partial charge in [0.2, 0.25) is 0 Å². The van der Waals surface area contributed by atoms with Gasteiger partial charge in [-0.05, 0) is 43.9 Å². The van der Waals surface area contributed by atoms with E-state index in [1.54, 1.807) is 20.1 Å². The van der Waals surface area contributed by atoms with Crippen LogP contribution in [-0.2, 0) is 4.74 Å². The maximum Gasteiger partial charge on any atom is 0.126 e. The molecule has 2 unspecified atom stereocenters. The molecule has 0 fully saturated rings. The Morgan fingerprint density at radius 3 is 2.62 bits per heavy atom. The van der Waals surface area contributed by atoms with Crippen LogP contribution in [0.4, 0.5) is 4.39 Å². The first-order valence-electron chi connectivity index (χ1n) is 5.59. The SMILES string of the molecule is COC(C)CCC(N)c1ccc(F)c(C)c1. The van der Waals surface area contributed by atoms with Gasteiger partial charge in [-0.25, -0.2) is 4.39 Å². The first-order chi connectivity index (χ1) is 7.54. The molecule has 0 saturated carbocycles. The molecule has 0 aliphatic rings. The quantitative estimate of drug-likeness (QED) is 0.836. The molecule has 1 aromatic rings. The van der Waals surface area contributed by atoms with Gasteiger partial charge in [-0.3, -0.25) is 0 Å². The van der Waals surface area contributed by atoms with Crippen molar-refractivity contribution >= 4 is 0 Å². The van der Waals surface area contributed by atoms with Gasteiger partial charge in [0.05, 0.1) is 6.10 Å². The van der Waals surface area contributed by atoms with Gasteiger partial charge in [-0.15, -0.1) is 0 Å². The van der Waals surface area contributed by atoms with Crippen LogP contribution in [0.2, 0.25) is 0 Å². The Kier molecular flexibility index (Phi) is 4.90. The Morgan fingerprint density at radius 1 is 1.38 bits per heavy atom. The monoisotopic (exact) mass is 225 g/mol. The Hall–Kier alpha value is -0.930. The predicted molar refractivity (Wildman–Crippen MR) is 63.8 cm³/mol. The molecule has 3 heteroatoms. The van der Waals surface area contributed by atoms with Crippen molar-refractivity contribution in [1.29, 1.82) is 0 Å². The molecular formula is C13H20FNO. The highest BCUT2D eigenvalue weighted by Gasteiger charge is 2.09. The molecule has 0 saturated heterocycles. The molecule has 2 N–H and O–H groups in total. The number of hydrogen-bond donors (Lipinski definition) is 1. The summed E-state index contributed by atoms with van der Waals surface area (Å²) in [5, 5.41) is 0. The van der Waals surface area contributed by atoms with E-state index in [0.717, 1.165) is 18.4 Å². The minimum atomic E-state index is -0.179. The minimum Gasteiger partial charge on any atom is -0.382 e. The van der Waals surface area contributed by atoms with Crippen LogP contribution in [0.3, 0.4) is 0 Å². The number of methoxy groups -OCH3 is 1. The summed E-state index contributed by atoms with van der Waals surface area (Å²) in [7, 11) is 1.69. The summed E-state index contributed by atoms with van der Waals surface area (Å²) in [6, 6.07) is 5.00. The summed E-state index contributed by atoms with van der Waals surface area (Å²) < 4.78 is 18.2. The molecule has 1 rings (SSSR count). The Balaban J connectivity index is 2.59. The molecule has 0 radical (unpaired) electrons. The average Bonchev–Trinajstić information content (AvgIpc) is 2.29. The van der Waals surface area contributed by atoms with Crippen LogP contribution in [0.15, 0.2) is 18.2 Å². The van der Waals surface area contributed by atoms with Gasteiger partial charge in [0.1, 0.15) is 5.82 Å². The summed E-state index contributed by atoms with van der Waals surface area (Å²) >= 11 is 0. The maximum absolute atomic E-state index is 13.1. The number of benzene rings is 1. The smallest absolute Gasteiger partial charge is 0.126 e. The second-order valence-electron chi connectivity index (χ2n) is 4.24. The van der Waals surface area contributed by atoms with Gasteiger partial charge < -0.3 is 10.5 Å². The lowest BCUT2D eigenvalue weighted by molar-refractivity contribution is 0.107. The van der Waals surface area contributed by atoms with E-state index in [4.69, 9.17) is 10.5 Å². The van der Waals surface area contributed by atoms with Crippen LogP contribution >= 0.6 is 0 Å². The van der Waals surface area contributed by atoms with Crippen LogP contribution < -0.4 is 5.73 Å². The highest BCUT2D eigenvalue weighted by atomic mass is 19.1. The number of halogens is 1. The van der Waals surface area contributed by atoms with E-state index in [2.05, 4.69) is 0 Å². The summed E-state index contributed by atoms with van der Waals surface area (Å²) in [6.07, 6.45) is 1.97. The van der Waals surface area contributed by atoms with Crippen LogP contribution in [0.5, 0.6) is 0 Å². The second-order valence-corrected chi connectivity index (χ2v) is 4.24. The number of ether oxygens (including phenoxy) is 1. The first kappa shape index (κ1) is 13.1. The van der Waals surface area contributed by atoms with E-state index in [1.807, 2.05) is 13.0 Å². The normalized spacial score (nSPS) is 14.8. The van der Waals surface area contributed by atoms with Crippen molar-refractivity contribution in [3.8, 4) is 0 Å². The molecule has 2 atom stereocenters. The Labute approximate surface area is 96.6 Å². The van der Waals surface area contributed by atoms with Crippen LogP contribution in [0.25, 0.3) is 0 Å². The van der Waals surface area contributed by atoms with Crippen LogP contribution in [0, 0.1) is 12.7 Å². The van der Waals surface area contributed by atoms with Gasteiger partial charge in [-0.1, -0.05) is 12.1 Å². The zero-order valence-corrected chi connectivity index (χ0v) is 10.2. The molecule has 0 aliphatic heterocycles. The van der Waals surface area contributed by atoms with Crippen LogP contribution in [0.1, 0.15) is 36.9 Å². The van der Waals surface area contributed by atoms with Crippen molar-refractivity contribution in [3.05, 3.63) is 35.1 Å². The largest absolute Gasteiger partial charge is 0.382 e. The lowest BCUT2D eigenvalue weighted by Crippen LogP contribution is -2.14. The van der Waals surface area contributed by atoms with Gasteiger partial charge in [0, 0.05) is 13.2 Å². The lowest BCUT2D eigenvalue weighted by Gasteiger charge is -2.15. The van der Waals surface area contributed by atoms with Crippen molar-refractivity contribution in [3.63, 3.8) is 0 Å². The Bertz CT molecular complexity index is 341. The average molecular weight is 225 g/mol. The molecule has 0 aliphatic carbocycles. The first-order valence-corrected chi connectivity index (χ1v) is 5.59. The van der Waals surface area contributed by atoms with Gasteiger partial charge in [-0.2, -0.15) is 0 Å². The maximum atomic E-state index is 13.1. The van der Waals surface area contributed by atoms with Crippen LogP contribution in [-0.4, -0.2) is 13.2 Å². The predicted octanol–water partition coefficient (Wildman–Crippen LogP) is 2.95. The fraction of sp³-hybridized carbons (Fsp3) is 0.538. The topological polar surface area (TPSA) is 35.2 Å². The van der Waals surface area contributed by atoms with Crippen molar-refractivity contribution < 1.29 is 9.13 Å². The van der Waals surface area contributed by atoms with Gasteiger partial charge in [0.25, 0.3) is 0 Å². The highest BCUT2D eigenvalue weighted by molar-refractivity contribution is 5.26. The van der Waals surface area contributed by atoms with E-state index < -0.39 is 0 Å². The van der Waals surface area contributed by atoms with Crippen molar-refractivity contribution in [2.75, 3.05) is 7.11 Å². The molecule has 0 bridgehead atoms. The molecule has 90 valence electrons. The van der Waals surface area contributed by atoms with E-state index >= 15 is 0 Å². The minimum absolute atomic E-state index is 0.0445. The van der Waals surface area contributed by atoms with Crippen molar-refractivity contribution in [2.45, 2.75) is 38.8 Å². The summed E-state index contributed by atoms with van der Waals surface area (Å²) in [5.41, 5.74) is 7.67. The second kappa shape index (κ2) is 5.97. The van der Waals surface area contributed by atoms with E-state index in [0.29, 0.717) is 5.56 Å². The third-order valence-electron chi connectivity index (χ3n) is 2.90. The molecule has 16 heavy (non-hydrogen) atoms. The summed E-state index contributed by atoms with van der Waals surface area (Å²) in [4.78, 5) is 0. The third kappa shape index (κ3) is 3.58. The lowest BCUT2D eigenvalue weighted by atomic mass is 9.99. The fourth-order valence-electron chi connectivity index (χ4n) is 1.60. The van der Waals surface area contributed by atoms with E-state index in [1.165, 1.54) is 6.07 Å². The molecular weight excluding hydrogens is 205 g/mol. The summed E-state index contributed by atoms with van der Waals surface area (Å²) in [5.74, 6) is -0.179. The number of rotatable bonds is 5. The molecule has 1 aromatic carbocycles. The summed E-state index contributed by atoms with van der Waals surface area (Å²) in [6.45, 7) is 3.77. The molecule has 0 spiro atoms. The molecule has 0 aromatic heterocycles. The Morgan fingerprint density at radius 2 is 2.06 bits per heavy atom. The van der Waals surface area contributed by atoms with Gasteiger partial charge in [0.15, 0.2) is 0 Å². The van der Waals surface area contributed by atoms with Gasteiger partial charge >= 0.3 is 0 Å². The van der Waals surface area contributed by atoms with Crippen molar-refractivity contribution in [2.24, 2.45) is 5.73 Å². The molecule has 0 heterocycles. The zero-order valence-electron chi connectivity index (χ0n) is 10.2. The standard InChI is InChI=1S/C13H20FNO/c1-9-8-11(5-6-12(9)14)13(15)7-4-10(2)16-3/h5-6,8,10,13H,4,7,15H2,1-3H3.